The van der Waals surface area contributed by atoms with Crippen molar-refractivity contribution in [1.82, 2.24) is 10.2 Å². The Hall–Kier alpha value is -0.220. The van der Waals surface area contributed by atoms with Gasteiger partial charge in [0.1, 0.15) is 0 Å². The summed E-state index contributed by atoms with van der Waals surface area (Å²) in [6.45, 7) is 2.05. The van der Waals surface area contributed by atoms with Crippen LogP contribution < -0.4 is 5.32 Å². The van der Waals surface area contributed by atoms with Crippen LogP contribution in [0.4, 0.5) is 4.79 Å². The van der Waals surface area contributed by atoms with Crippen LogP contribution in [0.15, 0.2) is 0 Å². The molecular weight excluding hydrogens is 220 g/mol. The minimum absolute atomic E-state index is 0.258. The molecule has 1 atom stereocenters. The van der Waals surface area contributed by atoms with Crippen LogP contribution in [0, 0.1) is 0 Å². The highest BCUT2D eigenvalue weighted by atomic mass is 32.2. The van der Waals surface area contributed by atoms with E-state index in [9.17, 15) is 4.79 Å². The highest BCUT2D eigenvalue weighted by Gasteiger charge is 2.48. The van der Waals surface area contributed by atoms with E-state index in [0.29, 0.717) is 11.3 Å². The minimum atomic E-state index is 0.258. The molecule has 0 aromatic rings. The second-order valence-electron chi connectivity index (χ2n) is 5.28. The summed E-state index contributed by atoms with van der Waals surface area (Å²) < 4.78 is 0. The van der Waals surface area contributed by atoms with Gasteiger partial charge in [-0.2, -0.15) is 0 Å². The summed E-state index contributed by atoms with van der Waals surface area (Å²) in [5, 5.41) is 4.10. The van der Waals surface area contributed by atoms with Crippen LogP contribution in [0.3, 0.4) is 0 Å². The SMILES string of the molecule is O=C1SC[C@H]2N1CCCNC21CCCCC1. The molecule has 90 valence electrons. The van der Waals surface area contributed by atoms with Crippen molar-refractivity contribution in [2.24, 2.45) is 0 Å². The van der Waals surface area contributed by atoms with Gasteiger partial charge >= 0.3 is 0 Å². The van der Waals surface area contributed by atoms with Gasteiger partial charge in [0, 0.05) is 17.8 Å². The van der Waals surface area contributed by atoms with E-state index in [1.807, 2.05) is 0 Å². The first kappa shape index (κ1) is 10.9. The zero-order valence-electron chi connectivity index (χ0n) is 9.71. The molecule has 3 aliphatic rings. The zero-order valence-corrected chi connectivity index (χ0v) is 10.5. The molecule has 1 saturated carbocycles. The molecule has 2 heterocycles. The topological polar surface area (TPSA) is 32.3 Å². The first-order chi connectivity index (χ1) is 7.82. The number of carbonyl (C=O) groups is 1. The lowest BCUT2D eigenvalue weighted by molar-refractivity contribution is 0.132. The summed E-state index contributed by atoms with van der Waals surface area (Å²) in [6.07, 6.45) is 7.68. The third-order valence-electron chi connectivity index (χ3n) is 4.41. The van der Waals surface area contributed by atoms with Gasteiger partial charge in [-0.25, -0.2) is 0 Å². The first-order valence-electron chi connectivity index (χ1n) is 6.50. The predicted molar refractivity (Wildman–Crippen MR) is 66.8 cm³/mol. The molecule has 0 unspecified atom stereocenters. The predicted octanol–water partition coefficient (Wildman–Crippen LogP) is 2.22. The third-order valence-corrected chi connectivity index (χ3v) is 5.38. The van der Waals surface area contributed by atoms with Crippen molar-refractivity contribution in [2.75, 3.05) is 18.8 Å². The van der Waals surface area contributed by atoms with E-state index in [4.69, 9.17) is 0 Å². The van der Waals surface area contributed by atoms with Crippen molar-refractivity contribution in [3.63, 3.8) is 0 Å². The Morgan fingerprint density at radius 3 is 2.88 bits per heavy atom. The smallest absolute Gasteiger partial charge is 0.282 e. The standard InChI is InChI=1S/C12H20N2OS/c15-11-14-8-4-7-13-12(10(14)9-16-11)5-2-1-3-6-12/h10,13H,1-9H2/t10-/m1/s1. The van der Waals surface area contributed by atoms with Gasteiger partial charge < -0.3 is 10.2 Å². The van der Waals surface area contributed by atoms with Gasteiger partial charge in [0.15, 0.2) is 0 Å². The van der Waals surface area contributed by atoms with Gasteiger partial charge in [-0.05, 0) is 25.8 Å². The van der Waals surface area contributed by atoms with E-state index in [-0.39, 0.29) is 5.54 Å². The Kier molecular flexibility index (Phi) is 2.88. The lowest BCUT2D eigenvalue weighted by atomic mass is 9.76. The number of hydrogen-bond donors (Lipinski definition) is 1. The lowest BCUT2D eigenvalue weighted by Gasteiger charge is -2.44. The molecule has 16 heavy (non-hydrogen) atoms. The van der Waals surface area contributed by atoms with Crippen molar-refractivity contribution in [3.8, 4) is 0 Å². The number of nitrogens with one attached hydrogen (secondary N) is 1. The van der Waals surface area contributed by atoms with E-state index in [1.165, 1.54) is 43.9 Å². The average molecular weight is 240 g/mol. The number of amides is 1. The molecule has 3 fully saturated rings. The molecule has 0 radical (unpaired) electrons. The molecule has 3 rings (SSSR count). The molecule has 4 heteroatoms. The summed E-state index contributed by atoms with van der Waals surface area (Å²) in [5.41, 5.74) is 0.258. The number of fused-ring (bicyclic) bond motifs is 2. The summed E-state index contributed by atoms with van der Waals surface area (Å²) in [6, 6.07) is 0.466. The van der Waals surface area contributed by atoms with Crippen molar-refractivity contribution < 1.29 is 4.79 Å². The summed E-state index contributed by atoms with van der Waals surface area (Å²) in [5.74, 6) is 1.01. The molecule has 2 saturated heterocycles. The largest absolute Gasteiger partial charge is 0.328 e. The zero-order chi connectivity index (χ0) is 11.0. The number of rotatable bonds is 0. The van der Waals surface area contributed by atoms with Gasteiger partial charge in [-0.15, -0.1) is 0 Å². The Labute approximate surface area is 101 Å². The van der Waals surface area contributed by atoms with Crippen molar-refractivity contribution in [3.05, 3.63) is 0 Å². The van der Waals surface area contributed by atoms with Crippen LogP contribution in [-0.4, -0.2) is 40.6 Å². The number of nitrogens with zero attached hydrogens (tertiary/aromatic N) is 1. The lowest BCUT2D eigenvalue weighted by Crippen LogP contribution is -2.59. The highest BCUT2D eigenvalue weighted by Crippen LogP contribution is 2.40. The molecule has 1 spiro atoms. The molecule has 0 bridgehead atoms. The monoisotopic (exact) mass is 240 g/mol. The van der Waals surface area contributed by atoms with Crippen molar-refractivity contribution >= 4 is 17.0 Å². The highest BCUT2D eigenvalue weighted by molar-refractivity contribution is 8.13. The van der Waals surface area contributed by atoms with Crippen LogP contribution >= 0.6 is 11.8 Å². The molecule has 1 amide bonds. The quantitative estimate of drug-likeness (QED) is 0.704. The van der Waals surface area contributed by atoms with E-state index in [2.05, 4.69) is 10.2 Å². The van der Waals surface area contributed by atoms with Crippen LogP contribution in [0.5, 0.6) is 0 Å². The van der Waals surface area contributed by atoms with Gasteiger partial charge in [-0.3, -0.25) is 4.79 Å². The second kappa shape index (κ2) is 4.22. The number of carbonyl (C=O) groups excluding carboxylic acids is 1. The van der Waals surface area contributed by atoms with Crippen LogP contribution in [0.25, 0.3) is 0 Å². The summed E-state index contributed by atoms with van der Waals surface area (Å²) in [7, 11) is 0. The molecule has 1 aliphatic carbocycles. The van der Waals surface area contributed by atoms with Crippen LogP contribution in [0.1, 0.15) is 38.5 Å². The van der Waals surface area contributed by atoms with E-state index in [1.54, 1.807) is 0 Å². The Morgan fingerprint density at radius 1 is 1.25 bits per heavy atom. The molecule has 0 aromatic heterocycles. The maximum Gasteiger partial charge on any atom is 0.282 e. The van der Waals surface area contributed by atoms with Crippen molar-refractivity contribution in [1.29, 1.82) is 0 Å². The summed E-state index contributed by atoms with van der Waals surface area (Å²) >= 11 is 1.53. The van der Waals surface area contributed by atoms with Gasteiger partial charge in [0.2, 0.25) is 0 Å². The Morgan fingerprint density at radius 2 is 2.06 bits per heavy atom. The normalized spacial score (nSPS) is 33.9. The fraction of sp³-hybridized carbons (Fsp3) is 0.917. The fourth-order valence-electron chi connectivity index (χ4n) is 3.55. The minimum Gasteiger partial charge on any atom is -0.328 e. The maximum absolute atomic E-state index is 11.8. The molecule has 1 N–H and O–H groups in total. The molecular formula is C12H20N2OS. The van der Waals surface area contributed by atoms with Crippen molar-refractivity contribution in [2.45, 2.75) is 50.1 Å². The van der Waals surface area contributed by atoms with Gasteiger partial charge in [0.25, 0.3) is 5.24 Å². The average Bonchev–Trinajstić information content (AvgIpc) is 2.59. The van der Waals surface area contributed by atoms with Crippen LogP contribution in [-0.2, 0) is 0 Å². The molecule has 3 nitrogen and oxygen atoms in total. The molecule has 2 aliphatic heterocycles. The Balaban J connectivity index is 1.87. The van der Waals surface area contributed by atoms with E-state index in [0.717, 1.165) is 25.3 Å². The first-order valence-corrected chi connectivity index (χ1v) is 7.49. The fourth-order valence-corrected chi connectivity index (χ4v) is 4.74. The summed E-state index contributed by atoms with van der Waals surface area (Å²) in [4.78, 5) is 14.0. The van der Waals surface area contributed by atoms with Gasteiger partial charge in [-0.1, -0.05) is 31.0 Å². The van der Waals surface area contributed by atoms with Crippen LogP contribution in [0.2, 0.25) is 0 Å². The number of thioether (sulfide) groups is 1. The Bertz CT molecular complexity index is 289. The number of hydrogen-bond acceptors (Lipinski definition) is 3. The van der Waals surface area contributed by atoms with Gasteiger partial charge in [0.05, 0.1) is 6.04 Å². The second-order valence-corrected chi connectivity index (χ2v) is 6.25. The maximum atomic E-state index is 11.8. The van der Waals surface area contributed by atoms with E-state index >= 15 is 0 Å². The third kappa shape index (κ3) is 1.66. The van der Waals surface area contributed by atoms with E-state index < -0.39 is 0 Å². The molecule has 0 aromatic carbocycles.